The Balaban J connectivity index is 1.61. The Hall–Kier alpha value is -3.50. The lowest BCUT2D eigenvalue weighted by molar-refractivity contribution is 0.312. The van der Waals surface area contributed by atoms with E-state index in [4.69, 9.17) is 15.9 Å². The highest BCUT2D eigenvalue weighted by Crippen LogP contribution is 2.35. The minimum Gasteiger partial charge on any atom is -0.494 e. The third kappa shape index (κ3) is 6.00. The zero-order valence-electron chi connectivity index (χ0n) is 21.2. The lowest BCUT2D eigenvalue weighted by atomic mass is 10.2. The van der Waals surface area contributed by atoms with Crippen LogP contribution in [-0.2, 0) is 0 Å². The number of hydrogen-bond donors (Lipinski definition) is 4. The van der Waals surface area contributed by atoms with Crippen LogP contribution < -0.4 is 26.0 Å². The topological polar surface area (TPSA) is 115 Å². The van der Waals surface area contributed by atoms with Gasteiger partial charge in [-0.2, -0.15) is 9.97 Å². The van der Waals surface area contributed by atoms with E-state index in [9.17, 15) is 0 Å². The predicted octanol–water partition coefficient (Wildman–Crippen LogP) is 4.80. The average Bonchev–Trinajstić information content (AvgIpc) is 2.85. The fourth-order valence-corrected chi connectivity index (χ4v) is 4.91. The summed E-state index contributed by atoms with van der Waals surface area (Å²) in [5.74, 6) is 1.69. The minimum absolute atomic E-state index is 0.215. The van der Waals surface area contributed by atoms with Gasteiger partial charge >= 0.3 is 0 Å². The summed E-state index contributed by atoms with van der Waals surface area (Å²) in [7, 11) is 3.79. The number of rotatable bonds is 9. The number of nitrogens with two attached hydrogens (primary N) is 1. The molecule has 2 heterocycles. The van der Waals surface area contributed by atoms with Crippen molar-refractivity contribution in [3.63, 3.8) is 0 Å². The van der Waals surface area contributed by atoms with Gasteiger partial charge in [-0.05, 0) is 31.3 Å². The number of anilines is 6. The molecule has 0 saturated carbocycles. The highest BCUT2D eigenvalue weighted by atomic mass is 32.2. The predicted molar refractivity (Wildman–Crippen MR) is 151 cm³/mol. The minimum atomic E-state index is 0.215. The number of aromatic nitrogens is 2. The van der Waals surface area contributed by atoms with Crippen molar-refractivity contribution in [1.29, 1.82) is 5.41 Å². The van der Waals surface area contributed by atoms with Crippen LogP contribution in [-0.4, -0.2) is 66.7 Å². The SMILES string of the molecule is COc1cc(N2CCN(C)CC2)ccc1Nc1nc(N)c(C=N)c(Nc2ccccc2SC(C)C)n1. The van der Waals surface area contributed by atoms with Crippen LogP contribution in [0.1, 0.15) is 19.4 Å². The van der Waals surface area contributed by atoms with Gasteiger partial charge in [0.05, 0.1) is 24.0 Å². The Morgan fingerprint density at radius 3 is 2.50 bits per heavy atom. The summed E-state index contributed by atoms with van der Waals surface area (Å²) < 4.78 is 5.68. The van der Waals surface area contributed by atoms with Gasteiger partial charge in [0.2, 0.25) is 5.95 Å². The van der Waals surface area contributed by atoms with E-state index in [-0.39, 0.29) is 5.82 Å². The average molecular weight is 507 g/mol. The number of nitrogen functional groups attached to an aromatic ring is 1. The summed E-state index contributed by atoms with van der Waals surface area (Å²) in [5.41, 5.74) is 9.42. The molecule has 1 aliphatic rings. The molecular weight excluding hydrogens is 472 g/mol. The van der Waals surface area contributed by atoms with Crippen molar-refractivity contribution in [1.82, 2.24) is 14.9 Å². The summed E-state index contributed by atoms with van der Waals surface area (Å²) in [5, 5.41) is 14.9. The van der Waals surface area contributed by atoms with Crippen LogP contribution >= 0.6 is 11.8 Å². The van der Waals surface area contributed by atoms with Crippen LogP contribution in [0.4, 0.5) is 34.6 Å². The fraction of sp³-hybridized carbons (Fsp3) is 0.346. The number of ether oxygens (including phenoxy) is 1. The summed E-state index contributed by atoms with van der Waals surface area (Å²) in [6.07, 6.45) is 1.17. The quantitative estimate of drug-likeness (QED) is 0.240. The monoisotopic (exact) mass is 506 g/mol. The summed E-state index contributed by atoms with van der Waals surface area (Å²) in [4.78, 5) is 14.8. The molecule has 3 aromatic rings. The maximum atomic E-state index is 7.87. The Bertz CT molecular complexity index is 1210. The van der Waals surface area contributed by atoms with E-state index in [2.05, 4.69) is 63.4 Å². The van der Waals surface area contributed by atoms with Crippen molar-refractivity contribution < 1.29 is 4.74 Å². The second kappa shape index (κ2) is 11.5. The Morgan fingerprint density at radius 2 is 1.81 bits per heavy atom. The van der Waals surface area contributed by atoms with Gasteiger partial charge in [0.25, 0.3) is 0 Å². The Morgan fingerprint density at radius 1 is 1.06 bits per heavy atom. The molecule has 1 aliphatic heterocycles. The zero-order valence-corrected chi connectivity index (χ0v) is 22.0. The van der Waals surface area contributed by atoms with E-state index in [0.29, 0.717) is 28.3 Å². The van der Waals surface area contributed by atoms with Gasteiger partial charge in [-0.3, -0.25) is 0 Å². The highest BCUT2D eigenvalue weighted by Gasteiger charge is 2.18. The first-order valence-corrected chi connectivity index (χ1v) is 12.8. The molecule has 5 N–H and O–H groups in total. The number of thioether (sulfide) groups is 1. The maximum absolute atomic E-state index is 7.87. The first-order chi connectivity index (χ1) is 17.4. The number of nitrogens with one attached hydrogen (secondary N) is 3. The number of nitrogens with zero attached hydrogens (tertiary/aromatic N) is 4. The highest BCUT2D eigenvalue weighted by molar-refractivity contribution is 8.00. The molecule has 0 atom stereocenters. The first kappa shape index (κ1) is 25.6. The van der Waals surface area contributed by atoms with Gasteiger partial charge in [0.15, 0.2) is 0 Å². The maximum Gasteiger partial charge on any atom is 0.231 e. The van der Waals surface area contributed by atoms with E-state index in [0.717, 1.165) is 48.1 Å². The molecule has 0 radical (unpaired) electrons. The van der Waals surface area contributed by atoms with Crippen molar-refractivity contribution >= 4 is 52.6 Å². The molecule has 0 bridgehead atoms. The van der Waals surface area contributed by atoms with Gasteiger partial charge in [-0.25, -0.2) is 0 Å². The van der Waals surface area contributed by atoms with E-state index in [1.807, 2.05) is 30.3 Å². The van der Waals surface area contributed by atoms with Crippen molar-refractivity contribution in [2.24, 2.45) is 0 Å². The van der Waals surface area contributed by atoms with Crippen molar-refractivity contribution in [2.75, 3.05) is 61.6 Å². The molecule has 4 rings (SSSR count). The number of methoxy groups -OCH3 is 1. The van der Waals surface area contributed by atoms with Crippen LogP contribution in [0.15, 0.2) is 47.4 Å². The van der Waals surface area contributed by atoms with Gasteiger partial charge in [-0.15, -0.1) is 11.8 Å². The van der Waals surface area contributed by atoms with E-state index >= 15 is 0 Å². The molecule has 9 nitrogen and oxygen atoms in total. The Kier molecular flexibility index (Phi) is 8.17. The molecular formula is C26H34N8OS. The van der Waals surface area contributed by atoms with Crippen LogP contribution in [0, 0.1) is 5.41 Å². The summed E-state index contributed by atoms with van der Waals surface area (Å²) >= 11 is 1.75. The van der Waals surface area contributed by atoms with Crippen LogP contribution in [0.3, 0.4) is 0 Å². The van der Waals surface area contributed by atoms with Crippen molar-refractivity contribution in [3.8, 4) is 5.75 Å². The van der Waals surface area contributed by atoms with Crippen molar-refractivity contribution in [3.05, 3.63) is 48.0 Å². The lowest BCUT2D eigenvalue weighted by Gasteiger charge is -2.34. The molecule has 190 valence electrons. The number of para-hydroxylation sites is 1. The Labute approximate surface area is 217 Å². The van der Waals surface area contributed by atoms with Crippen LogP contribution in [0.2, 0.25) is 0 Å². The molecule has 1 aromatic heterocycles. The van der Waals surface area contributed by atoms with Crippen molar-refractivity contribution in [2.45, 2.75) is 24.0 Å². The van der Waals surface area contributed by atoms with E-state index < -0.39 is 0 Å². The summed E-state index contributed by atoms with van der Waals surface area (Å²) in [6, 6.07) is 14.1. The standard InChI is InChI=1S/C26H34N8OS/c1-17(2)36-23-8-6-5-7-21(23)29-25-19(16-27)24(28)31-26(32-25)30-20-10-9-18(15-22(20)35-4)34-13-11-33(3)12-14-34/h5-10,15-17,27H,11-14H2,1-4H3,(H4,28,29,30,31,32). The number of benzene rings is 2. The molecule has 0 amide bonds. The van der Waals surface area contributed by atoms with Gasteiger partial charge in [0.1, 0.15) is 17.4 Å². The zero-order chi connectivity index (χ0) is 25.7. The van der Waals surface area contributed by atoms with Gasteiger partial charge in [0, 0.05) is 54.3 Å². The van der Waals surface area contributed by atoms with Crippen LogP contribution in [0.5, 0.6) is 5.75 Å². The molecule has 0 unspecified atom stereocenters. The molecule has 0 aliphatic carbocycles. The smallest absolute Gasteiger partial charge is 0.231 e. The molecule has 1 fully saturated rings. The third-order valence-electron chi connectivity index (χ3n) is 5.92. The normalized spacial score (nSPS) is 14.1. The molecule has 2 aromatic carbocycles. The van der Waals surface area contributed by atoms with E-state index in [1.54, 1.807) is 18.9 Å². The molecule has 0 spiro atoms. The number of piperazine rings is 1. The molecule has 36 heavy (non-hydrogen) atoms. The summed E-state index contributed by atoms with van der Waals surface area (Å²) in [6.45, 7) is 8.31. The number of likely N-dealkylation sites (N-methyl/N-ethyl adjacent to an activating group) is 1. The first-order valence-electron chi connectivity index (χ1n) is 12.0. The molecule has 1 saturated heterocycles. The molecule has 10 heteroatoms. The van der Waals surface area contributed by atoms with Gasteiger partial charge in [-0.1, -0.05) is 26.0 Å². The second-order valence-electron chi connectivity index (χ2n) is 8.93. The second-order valence-corrected chi connectivity index (χ2v) is 10.5. The fourth-order valence-electron chi connectivity index (χ4n) is 4.00. The lowest BCUT2D eigenvalue weighted by Crippen LogP contribution is -2.44. The third-order valence-corrected chi connectivity index (χ3v) is 7.00. The van der Waals surface area contributed by atoms with Crippen LogP contribution in [0.25, 0.3) is 0 Å². The largest absolute Gasteiger partial charge is 0.494 e. The number of hydrogen-bond acceptors (Lipinski definition) is 10. The van der Waals surface area contributed by atoms with Gasteiger partial charge < -0.3 is 36.3 Å². The van der Waals surface area contributed by atoms with E-state index in [1.165, 1.54) is 6.21 Å².